The molecule has 3 aromatic carbocycles. The van der Waals surface area contributed by atoms with Gasteiger partial charge in [-0.25, -0.2) is 19.0 Å². The van der Waals surface area contributed by atoms with Crippen LogP contribution < -0.4 is 15.2 Å². The molecule has 3 heterocycles. The van der Waals surface area contributed by atoms with Crippen LogP contribution in [0.2, 0.25) is 5.02 Å². The third kappa shape index (κ3) is 4.24. The number of hydrogen-bond donors (Lipinski definition) is 1. The van der Waals surface area contributed by atoms with Gasteiger partial charge in [0.1, 0.15) is 53.2 Å². The molecule has 0 saturated heterocycles. The predicted octanol–water partition coefficient (Wildman–Crippen LogP) is 6.22. The number of methoxy groups -OCH3 is 1. The number of aromatic nitrogens is 4. The third-order valence-electron chi connectivity index (χ3n) is 6.97. The molecule has 0 fully saturated rings. The molecule has 0 radical (unpaired) electrons. The SMILES string of the molecule is COc1cc(Cl)cc(-c2nn(C(C)C3=C(c4cccc(F)c4)C(C=O)c4ccccc4O3)c3ncnc(N)c23)c1. The van der Waals surface area contributed by atoms with Crippen molar-refractivity contribution >= 4 is 40.3 Å². The van der Waals surface area contributed by atoms with Crippen molar-refractivity contribution in [3.05, 3.63) is 101 Å². The van der Waals surface area contributed by atoms with Gasteiger partial charge in [-0.2, -0.15) is 5.10 Å². The zero-order valence-corrected chi connectivity index (χ0v) is 22.3. The van der Waals surface area contributed by atoms with Gasteiger partial charge in [0.05, 0.1) is 18.4 Å². The highest BCUT2D eigenvalue weighted by Gasteiger charge is 2.35. The highest BCUT2D eigenvalue weighted by atomic mass is 35.5. The normalized spacial score (nSPS) is 15.4. The quantitative estimate of drug-likeness (QED) is 0.248. The topological polar surface area (TPSA) is 105 Å². The monoisotopic (exact) mass is 555 g/mol. The molecule has 1 aliphatic rings. The molecule has 10 heteroatoms. The summed E-state index contributed by atoms with van der Waals surface area (Å²) in [5.41, 5.74) is 9.69. The molecule has 0 amide bonds. The van der Waals surface area contributed by atoms with E-state index in [4.69, 9.17) is 31.9 Å². The molecule has 5 aromatic rings. The lowest BCUT2D eigenvalue weighted by molar-refractivity contribution is -0.108. The van der Waals surface area contributed by atoms with Gasteiger partial charge in [-0.3, -0.25) is 0 Å². The fraction of sp³-hybridized carbons (Fsp3) is 0.133. The van der Waals surface area contributed by atoms with Crippen molar-refractivity contribution in [3.63, 3.8) is 0 Å². The van der Waals surface area contributed by atoms with E-state index in [1.165, 1.54) is 18.5 Å². The number of aldehydes is 1. The zero-order chi connectivity index (χ0) is 28.0. The van der Waals surface area contributed by atoms with Crippen LogP contribution in [0.1, 0.15) is 30.0 Å². The number of nitrogens with two attached hydrogens (primary N) is 1. The highest BCUT2D eigenvalue weighted by molar-refractivity contribution is 6.31. The number of anilines is 1. The Morgan fingerprint density at radius 1 is 1.10 bits per heavy atom. The first-order valence-corrected chi connectivity index (χ1v) is 12.8. The van der Waals surface area contributed by atoms with Gasteiger partial charge in [0.25, 0.3) is 0 Å². The van der Waals surface area contributed by atoms with Gasteiger partial charge < -0.3 is 20.0 Å². The van der Waals surface area contributed by atoms with E-state index in [0.29, 0.717) is 61.3 Å². The molecule has 1 aliphatic heterocycles. The Bertz CT molecular complexity index is 1820. The van der Waals surface area contributed by atoms with Crippen molar-refractivity contribution in [2.45, 2.75) is 18.9 Å². The molecule has 6 rings (SSSR count). The van der Waals surface area contributed by atoms with E-state index >= 15 is 0 Å². The Morgan fingerprint density at radius 3 is 2.70 bits per heavy atom. The van der Waals surface area contributed by atoms with Crippen LogP contribution in [0.4, 0.5) is 10.2 Å². The largest absolute Gasteiger partial charge is 0.497 e. The van der Waals surface area contributed by atoms with Crippen LogP contribution in [-0.2, 0) is 4.79 Å². The van der Waals surface area contributed by atoms with Crippen molar-refractivity contribution in [1.82, 2.24) is 19.7 Å². The first-order chi connectivity index (χ1) is 19.4. The number of ether oxygens (including phenoxy) is 2. The van der Waals surface area contributed by atoms with Crippen LogP contribution in [0.5, 0.6) is 11.5 Å². The van der Waals surface area contributed by atoms with Crippen molar-refractivity contribution < 1.29 is 18.7 Å². The number of hydrogen-bond acceptors (Lipinski definition) is 7. The molecule has 0 bridgehead atoms. The number of nitrogens with zero attached hydrogens (tertiary/aromatic N) is 4. The maximum absolute atomic E-state index is 14.4. The van der Waals surface area contributed by atoms with Gasteiger partial charge >= 0.3 is 0 Å². The fourth-order valence-corrected chi connectivity index (χ4v) is 5.36. The molecular weight excluding hydrogens is 533 g/mol. The van der Waals surface area contributed by atoms with Crippen molar-refractivity contribution in [2.75, 3.05) is 12.8 Å². The van der Waals surface area contributed by atoms with Gasteiger partial charge in [-0.05, 0) is 48.9 Å². The maximum atomic E-state index is 14.4. The molecule has 2 aromatic heterocycles. The zero-order valence-electron chi connectivity index (χ0n) is 21.5. The molecule has 40 heavy (non-hydrogen) atoms. The average molecular weight is 556 g/mol. The minimum Gasteiger partial charge on any atom is -0.497 e. The molecule has 0 saturated carbocycles. The molecule has 0 spiro atoms. The lowest BCUT2D eigenvalue weighted by Gasteiger charge is -2.31. The fourth-order valence-electron chi connectivity index (χ4n) is 5.14. The van der Waals surface area contributed by atoms with Crippen LogP contribution >= 0.6 is 11.6 Å². The number of carbonyl (C=O) groups is 1. The number of fused-ring (bicyclic) bond motifs is 2. The summed E-state index contributed by atoms with van der Waals surface area (Å²) in [6, 6.07) is 18.0. The molecule has 0 aliphatic carbocycles. The Balaban J connectivity index is 1.61. The number of nitrogen functional groups attached to an aromatic ring is 1. The van der Waals surface area contributed by atoms with Crippen molar-refractivity contribution in [3.8, 4) is 22.8 Å². The summed E-state index contributed by atoms with van der Waals surface area (Å²) in [6.07, 6.45) is 2.21. The molecule has 2 unspecified atom stereocenters. The Hall–Kier alpha value is -4.76. The van der Waals surface area contributed by atoms with Crippen LogP contribution in [0.3, 0.4) is 0 Å². The summed E-state index contributed by atoms with van der Waals surface area (Å²) < 4.78 is 27.9. The number of allylic oxidation sites excluding steroid dienone is 2. The van der Waals surface area contributed by atoms with Gasteiger partial charge in [-0.1, -0.05) is 41.9 Å². The predicted molar refractivity (Wildman–Crippen MR) is 151 cm³/mol. The molecular formula is C30H23ClFN5O3. The van der Waals surface area contributed by atoms with Gasteiger partial charge in [0.2, 0.25) is 0 Å². The summed E-state index contributed by atoms with van der Waals surface area (Å²) in [6.45, 7) is 1.87. The first kappa shape index (κ1) is 25.5. The number of para-hydroxylation sites is 1. The summed E-state index contributed by atoms with van der Waals surface area (Å²) in [5.74, 6) is 0.624. The molecule has 8 nitrogen and oxygen atoms in total. The van der Waals surface area contributed by atoms with E-state index in [1.807, 2.05) is 25.1 Å². The number of carbonyl (C=O) groups excluding carboxylic acids is 1. The van der Waals surface area contributed by atoms with Crippen molar-refractivity contribution in [2.24, 2.45) is 0 Å². The smallest absolute Gasteiger partial charge is 0.164 e. The number of halogens is 2. The Morgan fingerprint density at radius 2 is 1.93 bits per heavy atom. The van der Waals surface area contributed by atoms with Crippen LogP contribution in [0.15, 0.2) is 78.8 Å². The van der Waals surface area contributed by atoms with Crippen LogP contribution in [0, 0.1) is 5.82 Å². The van der Waals surface area contributed by atoms with Crippen LogP contribution in [0.25, 0.3) is 27.9 Å². The van der Waals surface area contributed by atoms with Gasteiger partial charge in [0, 0.05) is 21.7 Å². The Kier molecular flexibility index (Phi) is 6.43. The molecule has 2 atom stereocenters. The second-order valence-corrected chi connectivity index (χ2v) is 9.78. The number of benzene rings is 3. The lowest BCUT2D eigenvalue weighted by atomic mass is 9.83. The third-order valence-corrected chi connectivity index (χ3v) is 7.19. The minimum atomic E-state index is -0.692. The van der Waals surface area contributed by atoms with Gasteiger partial charge in [0.15, 0.2) is 5.65 Å². The summed E-state index contributed by atoms with van der Waals surface area (Å²) in [5, 5.41) is 5.89. The standard InChI is InChI=1S/C30H23ClFN5O3/c1-16(28-25(17-6-5-7-20(32)11-17)23(14-38)22-8-3-4-9-24(22)40-28)37-30-26(29(33)34-15-35-30)27(36-37)18-10-19(31)13-21(12-18)39-2/h3-16,23H,1-2H3,(H2,33,34,35). The van der Waals surface area contributed by atoms with E-state index in [9.17, 15) is 9.18 Å². The summed E-state index contributed by atoms with van der Waals surface area (Å²) in [4.78, 5) is 21.3. The lowest BCUT2D eigenvalue weighted by Crippen LogP contribution is -2.23. The Labute approximate surface area is 233 Å². The number of rotatable bonds is 6. The maximum Gasteiger partial charge on any atom is 0.164 e. The van der Waals surface area contributed by atoms with E-state index < -0.39 is 17.8 Å². The van der Waals surface area contributed by atoms with Crippen molar-refractivity contribution in [1.29, 1.82) is 0 Å². The van der Waals surface area contributed by atoms with Gasteiger partial charge in [-0.15, -0.1) is 0 Å². The second kappa shape index (κ2) is 10.1. The van der Waals surface area contributed by atoms with Crippen LogP contribution in [-0.4, -0.2) is 33.1 Å². The molecule has 2 N–H and O–H groups in total. The molecule has 200 valence electrons. The van der Waals surface area contributed by atoms with E-state index in [-0.39, 0.29) is 5.82 Å². The average Bonchev–Trinajstić information content (AvgIpc) is 3.36. The highest BCUT2D eigenvalue weighted by Crippen LogP contribution is 2.46. The van der Waals surface area contributed by atoms with E-state index in [2.05, 4.69) is 9.97 Å². The summed E-state index contributed by atoms with van der Waals surface area (Å²) >= 11 is 6.37. The first-order valence-electron chi connectivity index (χ1n) is 12.4. The second-order valence-electron chi connectivity index (χ2n) is 9.35. The summed E-state index contributed by atoms with van der Waals surface area (Å²) in [7, 11) is 1.55. The van der Waals surface area contributed by atoms with E-state index in [0.717, 1.165) is 6.29 Å². The minimum absolute atomic E-state index is 0.234. The van der Waals surface area contributed by atoms with E-state index in [1.54, 1.807) is 48.2 Å².